The van der Waals surface area contributed by atoms with Crippen LogP contribution in [0.5, 0.6) is 0 Å². The van der Waals surface area contributed by atoms with E-state index >= 15 is 0 Å². The van der Waals surface area contributed by atoms with E-state index < -0.39 is 0 Å². The topological polar surface area (TPSA) is 49.3 Å². The zero-order valence-electron chi connectivity index (χ0n) is 14.5. The zero-order valence-corrected chi connectivity index (χ0v) is 14.5. The molecule has 0 bridgehead atoms. The third-order valence-electron chi connectivity index (χ3n) is 4.17. The first kappa shape index (κ1) is 16.6. The van der Waals surface area contributed by atoms with Crippen molar-refractivity contribution in [2.75, 3.05) is 0 Å². The van der Waals surface area contributed by atoms with Gasteiger partial charge in [-0.2, -0.15) is 5.26 Å². The minimum absolute atomic E-state index is 0.542. The van der Waals surface area contributed by atoms with Gasteiger partial charge in [0.2, 0.25) is 0 Å². The molecule has 0 N–H and O–H groups in total. The van der Waals surface area contributed by atoms with Gasteiger partial charge >= 0.3 is 0 Å². The van der Waals surface area contributed by atoms with Gasteiger partial charge in [0.05, 0.1) is 16.6 Å². The summed E-state index contributed by atoms with van der Waals surface area (Å²) < 4.78 is 6.16. The van der Waals surface area contributed by atoms with Crippen LogP contribution in [0.25, 0.3) is 22.6 Å². The molecule has 3 aromatic carbocycles. The van der Waals surface area contributed by atoms with E-state index in [0.29, 0.717) is 11.3 Å². The molecule has 0 aliphatic carbocycles. The lowest BCUT2D eigenvalue weighted by Gasteiger charge is -2.06. The van der Waals surface area contributed by atoms with Crippen molar-refractivity contribution >= 4 is 5.69 Å². The lowest BCUT2D eigenvalue weighted by molar-refractivity contribution is 0.579. The maximum atomic E-state index is 9.33. The molecule has 0 spiro atoms. The molecule has 4 rings (SSSR count). The first-order valence-corrected chi connectivity index (χ1v) is 8.63. The summed E-state index contributed by atoms with van der Waals surface area (Å²) in [6.45, 7) is 0. The summed E-state index contributed by atoms with van der Waals surface area (Å²) in [4.78, 5) is 4.70. The molecule has 4 aromatic rings. The van der Waals surface area contributed by atoms with Crippen molar-refractivity contribution < 1.29 is 4.42 Å². The van der Waals surface area contributed by atoms with Crippen LogP contribution < -0.4 is 5.36 Å². The van der Waals surface area contributed by atoms with Crippen LogP contribution in [-0.2, 0) is 0 Å². The average Bonchev–Trinajstić information content (AvgIpc) is 2.75. The molecule has 1 heterocycles. The van der Waals surface area contributed by atoms with Crippen molar-refractivity contribution in [2.45, 2.75) is 0 Å². The predicted octanol–water partition coefficient (Wildman–Crippen LogP) is 5.72. The van der Waals surface area contributed by atoms with E-state index in [2.05, 4.69) is 6.07 Å². The third-order valence-corrected chi connectivity index (χ3v) is 4.17. The third kappa shape index (κ3) is 3.70. The number of rotatable bonds is 3. The van der Waals surface area contributed by atoms with Gasteiger partial charge in [-0.3, -0.25) is 0 Å². The van der Waals surface area contributed by atoms with Gasteiger partial charge in [0, 0.05) is 23.3 Å². The van der Waals surface area contributed by atoms with Crippen LogP contribution in [0.1, 0.15) is 5.56 Å². The average molecular weight is 348 g/mol. The number of benzene rings is 3. The van der Waals surface area contributed by atoms with Gasteiger partial charge in [-0.05, 0) is 12.1 Å². The highest BCUT2D eigenvalue weighted by molar-refractivity contribution is 5.63. The molecular weight excluding hydrogens is 332 g/mol. The smallest absolute Gasteiger partial charge is 0.136 e. The quantitative estimate of drug-likeness (QED) is 0.475. The molecule has 0 amide bonds. The van der Waals surface area contributed by atoms with Gasteiger partial charge in [-0.15, -0.1) is 0 Å². The van der Waals surface area contributed by atoms with Gasteiger partial charge in [0.25, 0.3) is 0 Å². The van der Waals surface area contributed by atoms with Gasteiger partial charge in [0.1, 0.15) is 17.6 Å². The molecule has 0 aliphatic rings. The summed E-state index contributed by atoms with van der Waals surface area (Å²) in [5, 5.41) is 10.1. The van der Waals surface area contributed by atoms with Crippen molar-refractivity contribution in [1.29, 1.82) is 5.26 Å². The van der Waals surface area contributed by atoms with E-state index in [4.69, 9.17) is 9.41 Å². The highest BCUT2D eigenvalue weighted by Crippen LogP contribution is 2.25. The summed E-state index contributed by atoms with van der Waals surface area (Å²) >= 11 is 0. The normalized spacial score (nSPS) is 10.2. The Morgan fingerprint density at radius 1 is 0.667 bits per heavy atom. The Hall–Kier alpha value is -3.90. The Bertz CT molecular complexity index is 1110. The van der Waals surface area contributed by atoms with Gasteiger partial charge in [-0.1, -0.05) is 72.8 Å². The molecule has 0 saturated carbocycles. The summed E-state index contributed by atoms with van der Waals surface area (Å²) in [5.41, 5.74) is 3.13. The molecular formula is C24H16N2O. The minimum atomic E-state index is 0.542. The Labute approximate surface area is 157 Å². The van der Waals surface area contributed by atoms with Crippen LogP contribution in [-0.4, -0.2) is 0 Å². The van der Waals surface area contributed by atoms with E-state index in [1.807, 2.05) is 91.0 Å². The molecule has 3 nitrogen and oxygen atoms in total. The molecule has 3 heteroatoms. The van der Waals surface area contributed by atoms with Crippen molar-refractivity contribution in [1.82, 2.24) is 0 Å². The predicted molar refractivity (Wildman–Crippen MR) is 106 cm³/mol. The maximum absolute atomic E-state index is 9.33. The monoisotopic (exact) mass is 348 g/mol. The highest BCUT2D eigenvalue weighted by Gasteiger charge is 2.07. The Balaban J connectivity index is 1.94. The highest BCUT2D eigenvalue weighted by atomic mass is 16.3. The van der Waals surface area contributed by atoms with Crippen LogP contribution in [0.3, 0.4) is 0 Å². The molecule has 128 valence electrons. The molecule has 0 radical (unpaired) electrons. The van der Waals surface area contributed by atoms with E-state index in [-0.39, 0.29) is 0 Å². The first-order chi connectivity index (χ1) is 13.3. The molecule has 0 saturated heterocycles. The van der Waals surface area contributed by atoms with Crippen molar-refractivity contribution in [2.24, 2.45) is 4.99 Å². The number of nitriles is 1. The van der Waals surface area contributed by atoms with Crippen molar-refractivity contribution in [3.05, 3.63) is 108 Å². The standard InChI is InChI=1S/C24H16N2O/c25-17-20-13-7-8-14-22(20)26-21-15-23(18-9-3-1-4-10-18)27-24(16-21)19-11-5-2-6-12-19/h1-16H. The largest absolute Gasteiger partial charge is 0.456 e. The second-order valence-electron chi connectivity index (χ2n) is 6.02. The van der Waals surface area contributed by atoms with Crippen LogP contribution >= 0.6 is 0 Å². The van der Waals surface area contributed by atoms with Gasteiger partial charge < -0.3 is 4.42 Å². The minimum Gasteiger partial charge on any atom is -0.456 e. The van der Waals surface area contributed by atoms with E-state index in [0.717, 1.165) is 28.0 Å². The number of hydrogen-bond donors (Lipinski definition) is 0. The van der Waals surface area contributed by atoms with Crippen molar-refractivity contribution in [3.63, 3.8) is 0 Å². The molecule has 0 unspecified atom stereocenters. The van der Waals surface area contributed by atoms with E-state index in [1.54, 1.807) is 6.07 Å². The first-order valence-electron chi connectivity index (χ1n) is 8.63. The lowest BCUT2D eigenvalue weighted by Crippen LogP contribution is -2.02. The fraction of sp³-hybridized carbons (Fsp3) is 0. The fourth-order valence-corrected chi connectivity index (χ4v) is 2.85. The summed E-state index contributed by atoms with van der Waals surface area (Å²) in [5.74, 6) is 1.45. The number of nitrogens with zero attached hydrogens (tertiary/aromatic N) is 2. The second kappa shape index (κ2) is 7.55. The van der Waals surface area contributed by atoms with E-state index in [1.165, 1.54) is 0 Å². The Morgan fingerprint density at radius 2 is 1.19 bits per heavy atom. The molecule has 1 aromatic heterocycles. The van der Waals surface area contributed by atoms with Crippen LogP contribution in [0, 0.1) is 11.3 Å². The van der Waals surface area contributed by atoms with Crippen LogP contribution in [0.4, 0.5) is 5.69 Å². The molecule has 0 fully saturated rings. The number of para-hydroxylation sites is 1. The van der Waals surface area contributed by atoms with E-state index in [9.17, 15) is 5.26 Å². The van der Waals surface area contributed by atoms with Crippen LogP contribution in [0.15, 0.2) is 106 Å². The zero-order chi connectivity index (χ0) is 18.5. The van der Waals surface area contributed by atoms with Gasteiger partial charge in [0.15, 0.2) is 0 Å². The Kier molecular flexibility index (Phi) is 4.63. The second-order valence-corrected chi connectivity index (χ2v) is 6.02. The summed E-state index contributed by atoms with van der Waals surface area (Å²) in [7, 11) is 0. The lowest BCUT2D eigenvalue weighted by atomic mass is 10.1. The molecule has 0 aliphatic heterocycles. The fourth-order valence-electron chi connectivity index (χ4n) is 2.85. The summed E-state index contributed by atoms with van der Waals surface area (Å²) in [6, 6.07) is 33.2. The number of hydrogen-bond acceptors (Lipinski definition) is 3. The summed E-state index contributed by atoms with van der Waals surface area (Å²) in [6.07, 6.45) is 0. The Morgan fingerprint density at radius 3 is 1.74 bits per heavy atom. The molecule has 27 heavy (non-hydrogen) atoms. The van der Waals surface area contributed by atoms with Gasteiger partial charge in [-0.25, -0.2) is 4.99 Å². The maximum Gasteiger partial charge on any atom is 0.136 e. The molecule has 0 atom stereocenters. The SMILES string of the molecule is N#Cc1ccccc1N=c1cc(-c2ccccc2)oc(-c2ccccc2)c1. The van der Waals surface area contributed by atoms with Crippen molar-refractivity contribution in [3.8, 4) is 28.7 Å². The van der Waals surface area contributed by atoms with Crippen LogP contribution in [0.2, 0.25) is 0 Å².